The molecule has 0 saturated carbocycles. The van der Waals surface area contributed by atoms with Crippen LogP contribution in [0.15, 0.2) is 6.07 Å². The second-order valence-corrected chi connectivity index (χ2v) is 4.61. The maximum atomic E-state index is 5.68. The molecule has 0 fully saturated rings. The third-order valence-corrected chi connectivity index (χ3v) is 2.80. The summed E-state index contributed by atoms with van der Waals surface area (Å²) in [6, 6.07) is 2.18. The number of nitrogens with one attached hydrogen (secondary N) is 1. The zero-order valence-electron chi connectivity index (χ0n) is 11.5. The van der Waals surface area contributed by atoms with Gasteiger partial charge in [-0.15, -0.1) is 0 Å². The summed E-state index contributed by atoms with van der Waals surface area (Å²) in [6.45, 7) is 7.43. The fourth-order valence-corrected chi connectivity index (χ4v) is 1.84. The van der Waals surface area contributed by atoms with Crippen LogP contribution in [0.25, 0.3) is 0 Å². The maximum Gasteiger partial charge on any atom is 0.223 e. The third kappa shape index (κ3) is 4.03. The van der Waals surface area contributed by atoms with Gasteiger partial charge in [0.05, 0.1) is 0 Å². The number of hydrogen-bond acceptors (Lipinski definition) is 6. The molecule has 0 radical (unpaired) electrons. The van der Waals surface area contributed by atoms with Gasteiger partial charge in [-0.05, 0) is 20.3 Å². The molecule has 1 aromatic heterocycles. The Morgan fingerprint density at radius 1 is 1.33 bits per heavy atom. The van der Waals surface area contributed by atoms with Crippen LogP contribution in [0.4, 0.5) is 17.6 Å². The minimum absolute atomic E-state index is 0.238. The quantitative estimate of drug-likeness (QED) is 0.389. The van der Waals surface area contributed by atoms with Crippen LogP contribution in [0.3, 0.4) is 0 Å². The Kier molecular flexibility index (Phi) is 5.64. The summed E-state index contributed by atoms with van der Waals surface area (Å²) >= 11 is 0. The lowest BCUT2D eigenvalue weighted by atomic mass is 10.2. The average molecular weight is 252 g/mol. The van der Waals surface area contributed by atoms with Gasteiger partial charge in [0.2, 0.25) is 5.95 Å². The molecule has 0 bridgehead atoms. The van der Waals surface area contributed by atoms with Crippen molar-refractivity contribution in [3.63, 3.8) is 0 Å². The first kappa shape index (κ1) is 14.5. The van der Waals surface area contributed by atoms with Gasteiger partial charge in [-0.3, -0.25) is 0 Å². The molecule has 6 nitrogen and oxygen atoms in total. The molecule has 102 valence electrons. The van der Waals surface area contributed by atoms with Crippen molar-refractivity contribution in [2.75, 3.05) is 22.6 Å². The molecule has 18 heavy (non-hydrogen) atoms. The molecule has 0 aliphatic rings. The monoisotopic (exact) mass is 252 g/mol. The van der Waals surface area contributed by atoms with Crippen LogP contribution in [-0.4, -0.2) is 22.6 Å². The van der Waals surface area contributed by atoms with Crippen molar-refractivity contribution in [3.05, 3.63) is 6.07 Å². The molecule has 0 unspecified atom stereocenters. The molecule has 0 amide bonds. The normalized spacial score (nSPS) is 10.7. The van der Waals surface area contributed by atoms with E-state index in [0.29, 0.717) is 11.9 Å². The van der Waals surface area contributed by atoms with E-state index >= 15 is 0 Å². The number of nitrogens with two attached hydrogens (primary N) is 2. The summed E-state index contributed by atoms with van der Waals surface area (Å²) in [4.78, 5) is 10.5. The summed E-state index contributed by atoms with van der Waals surface area (Å²) in [7, 11) is 0. The topological polar surface area (TPSA) is 93.1 Å². The number of hydrazine groups is 1. The van der Waals surface area contributed by atoms with E-state index in [2.05, 4.69) is 41.1 Å². The number of unbranched alkanes of at least 4 members (excludes halogenated alkanes) is 2. The molecule has 0 atom stereocenters. The summed E-state index contributed by atoms with van der Waals surface area (Å²) in [5.41, 5.74) is 8.19. The number of rotatable bonds is 7. The van der Waals surface area contributed by atoms with Crippen molar-refractivity contribution in [1.82, 2.24) is 9.97 Å². The lowest BCUT2D eigenvalue weighted by Gasteiger charge is -2.28. The Hall–Kier alpha value is -1.56. The second kappa shape index (κ2) is 7.00. The number of aromatic nitrogens is 2. The van der Waals surface area contributed by atoms with Crippen LogP contribution in [0.2, 0.25) is 0 Å². The van der Waals surface area contributed by atoms with E-state index in [4.69, 9.17) is 11.6 Å². The van der Waals surface area contributed by atoms with E-state index in [1.807, 2.05) is 6.07 Å². The standard InChI is InChI=1S/C12H24N6/c1-4-5-6-7-18(9(2)3)11-8-10(17-14)15-12(13)16-11/h8-9H,4-7,14H2,1-3H3,(H3,13,15,16,17). The van der Waals surface area contributed by atoms with Gasteiger partial charge >= 0.3 is 0 Å². The molecular formula is C12H24N6. The predicted octanol–water partition coefficient (Wildman–Crippen LogP) is 1.75. The zero-order chi connectivity index (χ0) is 13.5. The summed E-state index contributed by atoms with van der Waals surface area (Å²) in [5, 5.41) is 0. The van der Waals surface area contributed by atoms with Crippen molar-refractivity contribution in [3.8, 4) is 0 Å². The number of anilines is 3. The maximum absolute atomic E-state index is 5.68. The predicted molar refractivity (Wildman–Crippen MR) is 76.3 cm³/mol. The molecule has 0 saturated heterocycles. The summed E-state index contributed by atoms with van der Waals surface area (Å²) in [5.74, 6) is 6.97. The SMILES string of the molecule is CCCCCN(c1cc(NN)nc(N)n1)C(C)C. The van der Waals surface area contributed by atoms with Gasteiger partial charge in [0.15, 0.2) is 0 Å². The van der Waals surface area contributed by atoms with E-state index in [0.717, 1.165) is 18.8 Å². The molecular weight excluding hydrogens is 228 g/mol. The van der Waals surface area contributed by atoms with Crippen LogP contribution in [0.1, 0.15) is 40.0 Å². The molecule has 1 aromatic rings. The Morgan fingerprint density at radius 2 is 2.06 bits per heavy atom. The van der Waals surface area contributed by atoms with Gasteiger partial charge < -0.3 is 16.1 Å². The van der Waals surface area contributed by atoms with Gasteiger partial charge in [-0.2, -0.15) is 9.97 Å². The highest BCUT2D eigenvalue weighted by molar-refractivity contribution is 5.52. The van der Waals surface area contributed by atoms with E-state index in [-0.39, 0.29) is 5.95 Å². The van der Waals surface area contributed by atoms with Crippen LogP contribution in [0.5, 0.6) is 0 Å². The van der Waals surface area contributed by atoms with Gasteiger partial charge in [0.25, 0.3) is 0 Å². The lowest BCUT2D eigenvalue weighted by Crippen LogP contribution is -2.33. The number of nitrogen functional groups attached to an aromatic ring is 2. The van der Waals surface area contributed by atoms with Crippen LogP contribution in [-0.2, 0) is 0 Å². The third-order valence-electron chi connectivity index (χ3n) is 2.80. The Balaban J connectivity index is 2.87. The van der Waals surface area contributed by atoms with Crippen molar-refractivity contribution < 1.29 is 0 Å². The fraction of sp³-hybridized carbons (Fsp3) is 0.667. The Bertz CT molecular complexity index is 366. The zero-order valence-corrected chi connectivity index (χ0v) is 11.5. The minimum atomic E-state index is 0.238. The van der Waals surface area contributed by atoms with Crippen LogP contribution >= 0.6 is 0 Å². The largest absolute Gasteiger partial charge is 0.368 e. The number of hydrogen-bond donors (Lipinski definition) is 3. The van der Waals surface area contributed by atoms with E-state index < -0.39 is 0 Å². The number of nitrogens with zero attached hydrogens (tertiary/aromatic N) is 3. The molecule has 1 rings (SSSR count). The first-order chi connectivity index (χ1) is 8.58. The fourth-order valence-electron chi connectivity index (χ4n) is 1.84. The minimum Gasteiger partial charge on any atom is -0.368 e. The van der Waals surface area contributed by atoms with E-state index in [1.54, 1.807) is 0 Å². The van der Waals surface area contributed by atoms with Crippen molar-refractivity contribution in [2.45, 2.75) is 46.1 Å². The van der Waals surface area contributed by atoms with Gasteiger partial charge in [0, 0.05) is 18.7 Å². The highest BCUT2D eigenvalue weighted by atomic mass is 15.3. The van der Waals surface area contributed by atoms with Crippen molar-refractivity contribution in [1.29, 1.82) is 0 Å². The lowest BCUT2D eigenvalue weighted by molar-refractivity contribution is 0.620. The van der Waals surface area contributed by atoms with Crippen molar-refractivity contribution >= 4 is 17.6 Å². The van der Waals surface area contributed by atoms with Gasteiger partial charge in [-0.25, -0.2) is 5.84 Å². The average Bonchev–Trinajstić information content (AvgIpc) is 2.33. The molecule has 5 N–H and O–H groups in total. The molecule has 6 heteroatoms. The smallest absolute Gasteiger partial charge is 0.223 e. The molecule has 0 aliphatic carbocycles. The molecule has 0 spiro atoms. The first-order valence-electron chi connectivity index (χ1n) is 6.46. The second-order valence-electron chi connectivity index (χ2n) is 4.61. The first-order valence-corrected chi connectivity index (χ1v) is 6.46. The van der Waals surface area contributed by atoms with Gasteiger partial charge in [0.1, 0.15) is 11.6 Å². The van der Waals surface area contributed by atoms with Gasteiger partial charge in [-0.1, -0.05) is 19.8 Å². The van der Waals surface area contributed by atoms with Crippen LogP contribution < -0.4 is 21.9 Å². The van der Waals surface area contributed by atoms with E-state index in [9.17, 15) is 0 Å². The Labute approximate surface area is 109 Å². The van der Waals surface area contributed by atoms with E-state index in [1.165, 1.54) is 12.8 Å². The molecule has 0 aromatic carbocycles. The molecule has 0 aliphatic heterocycles. The highest BCUT2D eigenvalue weighted by Crippen LogP contribution is 2.19. The summed E-state index contributed by atoms with van der Waals surface area (Å²) in [6.07, 6.45) is 3.56. The highest BCUT2D eigenvalue weighted by Gasteiger charge is 2.13. The van der Waals surface area contributed by atoms with Crippen LogP contribution in [0, 0.1) is 0 Å². The van der Waals surface area contributed by atoms with Crippen molar-refractivity contribution in [2.24, 2.45) is 5.84 Å². The molecule has 1 heterocycles. The Morgan fingerprint density at radius 3 is 2.61 bits per heavy atom. The summed E-state index contributed by atoms with van der Waals surface area (Å²) < 4.78 is 0.